The molecule has 2 heterocycles. The fourth-order valence-corrected chi connectivity index (χ4v) is 3.11. The van der Waals surface area contributed by atoms with Crippen molar-refractivity contribution in [2.24, 2.45) is 5.92 Å². The number of hydrogen-bond acceptors (Lipinski definition) is 4. The van der Waals surface area contributed by atoms with Crippen LogP contribution in [0.1, 0.15) is 12.0 Å². The van der Waals surface area contributed by atoms with E-state index >= 15 is 0 Å². The minimum Gasteiger partial charge on any atom is -0.373 e. The zero-order chi connectivity index (χ0) is 18.4. The Morgan fingerprint density at radius 2 is 1.96 bits per heavy atom. The first-order valence-corrected chi connectivity index (χ1v) is 8.84. The van der Waals surface area contributed by atoms with Crippen LogP contribution >= 0.6 is 0 Å². The Hall–Kier alpha value is -2.89. The minimum atomic E-state index is -0.272. The number of pyridine rings is 1. The summed E-state index contributed by atoms with van der Waals surface area (Å²) in [5, 5.41) is 2.96. The zero-order valence-corrected chi connectivity index (χ0v) is 15.0. The number of para-hydroxylation sites is 1. The summed E-state index contributed by atoms with van der Waals surface area (Å²) in [6.45, 7) is 2.28. The molecule has 1 fully saturated rings. The normalized spacial score (nSPS) is 16.6. The summed E-state index contributed by atoms with van der Waals surface area (Å²) < 4.78 is 0. The van der Waals surface area contributed by atoms with E-state index in [2.05, 4.69) is 15.2 Å². The van der Waals surface area contributed by atoms with Crippen LogP contribution in [0.4, 0.5) is 5.69 Å². The van der Waals surface area contributed by atoms with Gasteiger partial charge in [-0.15, -0.1) is 0 Å². The molecule has 6 nitrogen and oxygen atoms in total. The molecular weight excluding hydrogens is 328 g/mol. The summed E-state index contributed by atoms with van der Waals surface area (Å²) in [6.07, 6.45) is 3.71. The van der Waals surface area contributed by atoms with Gasteiger partial charge in [-0.1, -0.05) is 18.2 Å². The summed E-state index contributed by atoms with van der Waals surface area (Å²) in [4.78, 5) is 32.4. The highest BCUT2D eigenvalue weighted by Crippen LogP contribution is 2.20. The minimum absolute atomic E-state index is 0.0309. The van der Waals surface area contributed by atoms with Gasteiger partial charge in [0.15, 0.2) is 0 Å². The van der Waals surface area contributed by atoms with Gasteiger partial charge in [0.05, 0.1) is 5.92 Å². The van der Waals surface area contributed by atoms with Gasteiger partial charge in [0.2, 0.25) is 11.8 Å². The molecule has 1 atom stereocenters. The van der Waals surface area contributed by atoms with Gasteiger partial charge in [-0.25, -0.2) is 0 Å². The first-order chi connectivity index (χ1) is 12.6. The van der Waals surface area contributed by atoms with Crippen molar-refractivity contribution in [3.05, 3.63) is 60.4 Å². The van der Waals surface area contributed by atoms with Crippen molar-refractivity contribution in [1.29, 1.82) is 0 Å². The van der Waals surface area contributed by atoms with Crippen LogP contribution in [-0.2, 0) is 16.1 Å². The maximum atomic E-state index is 12.4. The molecule has 0 radical (unpaired) electrons. The standard InChI is InChI=1S/C20H24N4O2/c1-23(18-5-3-2-4-6-18)12-11-22-20(26)17-13-19(25)24(15-17)14-16-7-9-21-10-8-16/h2-10,17H,11-15H2,1H3,(H,22,26). The molecule has 1 aliphatic heterocycles. The Labute approximate surface area is 153 Å². The van der Waals surface area contributed by atoms with E-state index in [1.54, 1.807) is 17.3 Å². The molecule has 26 heavy (non-hydrogen) atoms. The summed E-state index contributed by atoms with van der Waals surface area (Å²) in [7, 11) is 2.00. The van der Waals surface area contributed by atoms with Crippen LogP contribution < -0.4 is 10.2 Å². The fourth-order valence-electron chi connectivity index (χ4n) is 3.11. The number of likely N-dealkylation sites (N-methyl/N-ethyl adjacent to an activating group) is 1. The van der Waals surface area contributed by atoms with E-state index < -0.39 is 0 Å². The van der Waals surface area contributed by atoms with Crippen molar-refractivity contribution >= 4 is 17.5 Å². The van der Waals surface area contributed by atoms with Crippen molar-refractivity contribution in [3.8, 4) is 0 Å². The average molecular weight is 352 g/mol. The van der Waals surface area contributed by atoms with Crippen LogP contribution in [0.25, 0.3) is 0 Å². The molecule has 0 bridgehead atoms. The van der Waals surface area contributed by atoms with E-state index in [0.29, 0.717) is 19.6 Å². The molecule has 0 aliphatic carbocycles. The predicted molar refractivity (Wildman–Crippen MR) is 100 cm³/mol. The molecule has 6 heteroatoms. The number of aromatic nitrogens is 1. The van der Waals surface area contributed by atoms with Crippen LogP contribution in [0, 0.1) is 5.92 Å². The number of nitrogens with zero attached hydrogens (tertiary/aromatic N) is 3. The number of likely N-dealkylation sites (tertiary alicyclic amines) is 1. The van der Waals surface area contributed by atoms with Gasteiger partial charge in [0.25, 0.3) is 0 Å². The van der Waals surface area contributed by atoms with E-state index in [4.69, 9.17) is 0 Å². The van der Waals surface area contributed by atoms with Crippen molar-refractivity contribution < 1.29 is 9.59 Å². The van der Waals surface area contributed by atoms with Crippen LogP contribution in [0.15, 0.2) is 54.9 Å². The van der Waals surface area contributed by atoms with Gasteiger partial charge in [-0.2, -0.15) is 0 Å². The Kier molecular flexibility index (Phi) is 5.84. The largest absolute Gasteiger partial charge is 0.373 e. The zero-order valence-electron chi connectivity index (χ0n) is 15.0. The lowest BCUT2D eigenvalue weighted by Gasteiger charge is -2.20. The van der Waals surface area contributed by atoms with E-state index in [-0.39, 0.29) is 24.2 Å². The van der Waals surface area contributed by atoms with Gasteiger partial charge in [-0.05, 0) is 29.8 Å². The Balaban J connectivity index is 1.44. The third-order valence-electron chi connectivity index (χ3n) is 4.65. The molecule has 2 amide bonds. The second-order valence-corrected chi connectivity index (χ2v) is 6.58. The molecule has 1 N–H and O–H groups in total. The Morgan fingerprint density at radius 3 is 2.69 bits per heavy atom. The third kappa shape index (κ3) is 4.59. The molecule has 136 valence electrons. The fraction of sp³-hybridized carbons (Fsp3) is 0.350. The van der Waals surface area contributed by atoms with Crippen molar-refractivity contribution in [2.45, 2.75) is 13.0 Å². The van der Waals surface area contributed by atoms with Gasteiger partial charge in [-0.3, -0.25) is 14.6 Å². The lowest BCUT2D eigenvalue weighted by Crippen LogP contribution is -2.37. The Bertz CT molecular complexity index is 736. The van der Waals surface area contributed by atoms with Crippen LogP contribution in [0.5, 0.6) is 0 Å². The van der Waals surface area contributed by atoms with E-state index in [9.17, 15) is 9.59 Å². The Morgan fingerprint density at radius 1 is 1.23 bits per heavy atom. The lowest BCUT2D eigenvalue weighted by atomic mass is 10.1. The van der Waals surface area contributed by atoms with E-state index in [0.717, 1.165) is 17.8 Å². The summed E-state index contributed by atoms with van der Waals surface area (Å²) in [5.74, 6) is -0.285. The highest BCUT2D eigenvalue weighted by Gasteiger charge is 2.34. The maximum absolute atomic E-state index is 12.4. The molecule has 0 spiro atoms. The van der Waals surface area contributed by atoms with E-state index in [1.165, 1.54) is 0 Å². The molecule has 1 aromatic carbocycles. The third-order valence-corrected chi connectivity index (χ3v) is 4.65. The van der Waals surface area contributed by atoms with Crippen molar-refractivity contribution in [1.82, 2.24) is 15.2 Å². The number of carbonyl (C=O) groups is 2. The van der Waals surface area contributed by atoms with Gasteiger partial charge in [0, 0.05) is 57.7 Å². The molecule has 1 saturated heterocycles. The average Bonchev–Trinajstić information content (AvgIpc) is 3.04. The quantitative estimate of drug-likeness (QED) is 0.823. The number of hydrogen-bond donors (Lipinski definition) is 1. The number of benzene rings is 1. The number of carbonyl (C=O) groups excluding carboxylic acids is 2. The highest BCUT2D eigenvalue weighted by atomic mass is 16.2. The molecule has 2 aromatic rings. The topological polar surface area (TPSA) is 65.5 Å². The SMILES string of the molecule is CN(CCNC(=O)C1CC(=O)N(Cc2ccncc2)C1)c1ccccc1. The number of anilines is 1. The molecule has 3 rings (SSSR count). The first kappa shape index (κ1) is 17.9. The van der Waals surface area contributed by atoms with E-state index in [1.807, 2.05) is 49.5 Å². The number of rotatable bonds is 7. The molecular formula is C20H24N4O2. The molecule has 1 aliphatic rings. The van der Waals surface area contributed by atoms with Gasteiger partial charge >= 0.3 is 0 Å². The number of nitrogens with one attached hydrogen (secondary N) is 1. The van der Waals surface area contributed by atoms with Crippen LogP contribution in [0.2, 0.25) is 0 Å². The van der Waals surface area contributed by atoms with Crippen LogP contribution in [0.3, 0.4) is 0 Å². The predicted octanol–water partition coefficient (Wildman–Crippen LogP) is 1.68. The summed E-state index contributed by atoms with van der Waals surface area (Å²) >= 11 is 0. The second kappa shape index (κ2) is 8.47. The maximum Gasteiger partial charge on any atom is 0.225 e. The summed E-state index contributed by atoms with van der Waals surface area (Å²) in [6, 6.07) is 13.8. The monoisotopic (exact) mass is 352 g/mol. The number of amides is 2. The van der Waals surface area contributed by atoms with Crippen molar-refractivity contribution in [2.75, 3.05) is 31.6 Å². The van der Waals surface area contributed by atoms with Crippen LogP contribution in [-0.4, -0.2) is 48.4 Å². The van der Waals surface area contributed by atoms with Gasteiger partial charge in [0.1, 0.15) is 0 Å². The molecule has 0 saturated carbocycles. The highest BCUT2D eigenvalue weighted by molar-refractivity contribution is 5.89. The second-order valence-electron chi connectivity index (χ2n) is 6.58. The summed E-state index contributed by atoms with van der Waals surface area (Å²) in [5.41, 5.74) is 2.14. The first-order valence-electron chi connectivity index (χ1n) is 8.84. The smallest absolute Gasteiger partial charge is 0.225 e. The lowest BCUT2D eigenvalue weighted by molar-refractivity contribution is -0.129. The van der Waals surface area contributed by atoms with Crippen molar-refractivity contribution in [3.63, 3.8) is 0 Å². The molecule has 1 unspecified atom stereocenters. The van der Waals surface area contributed by atoms with Gasteiger partial charge < -0.3 is 15.1 Å². The molecule has 1 aromatic heterocycles.